The van der Waals surface area contributed by atoms with Crippen LogP contribution in [0.3, 0.4) is 0 Å². The molecule has 0 heterocycles. The number of halogens is 2. The third-order valence-electron chi connectivity index (χ3n) is 1.82. The number of thioether (sulfide) groups is 1. The van der Waals surface area contributed by atoms with Gasteiger partial charge in [-0.05, 0) is 25.3 Å². The Morgan fingerprint density at radius 1 is 1.50 bits per heavy atom. The molecule has 0 amide bonds. The fraction of sp³-hybridized carbons (Fsp3) is 1.00. The molecule has 0 aromatic heterocycles. The van der Waals surface area contributed by atoms with Crippen molar-refractivity contribution >= 4 is 11.8 Å². The van der Waals surface area contributed by atoms with Crippen LogP contribution in [-0.4, -0.2) is 17.6 Å². The monoisotopic (exact) mass is 167 g/mol. The van der Waals surface area contributed by atoms with Gasteiger partial charge in [-0.25, -0.2) is 0 Å². The molecule has 2 N–H and O–H groups in total. The van der Waals surface area contributed by atoms with Gasteiger partial charge in [0.2, 0.25) is 0 Å². The summed E-state index contributed by atoms with van der Waals surface area (Å²) < 4.78 is 23.3. The lowest BCUT2D eigenvalue weighted by Gasteiger charge is -2.33. The van der Waals surface area contributed by atoms with Gasteiger partial charge in [0.1, 0.15) is 0 Å². The van der Waals surface area contributed by atoms with Crippen LogP contribution >= 0.6 is 11.8 Å². The lowest BCUT2D eigenvalue weighted by Crippen LogP contribution is -2.32. The van der Waals surface area contributed by atoms with Crippen LogP contribution < -0.4 is 5.73 Å². The first-order valence-electron chi connectivity index (χ1n) is 3.36. The lowest BCUT2D eigenvalue weighted by atomic mass is 9.85. The molecule has 0 spiro atoms. The minimum Gasteiger partial charge on any atom is -0.330 e. The maximum atomic E-state index is 11.7. The van der Waals surface area contributed by atoms with Gasteiger partial charge in [0.25, 0.3) is 5.76 Å². The Hall–Kier alpha value is 0.170. The summed E-state index contributed by atoms with van der Waals surface area (Å²) in [7, 11) is 0. The van der Waals surface area contributed by atoms with Gasteiger partial charge in [-0.3, -0.25) is 0 Å². The van der Waals surface area contributed by atoms with Crippen LogP contribution in [0.5, 0.6) is 0 Å². The van der Waals surface area contributed by atoms with E-state index >= 15 is 0 Å². The second-order valence-corrected chi connectivity index (χ2v) is 3.89. The van der Waals surface area contributed by atoms with Gasteiger partial charge in [0, 0.05) is 5.25 Å². The van der Waals surface area contributed by atoms with Gasteiger partial charge < -0.3 is 5.73 Å². The first kappa shape index (κ1) is 8.27. The predicted octanol–water partition coefficient (Wildman–Crippen LogP) is 1.68. The van der Waals surface area contributed by atoms with E-state index < -0.39 is 5.76 Å². The average Bonchev–Trinajstić information content (AvgIpc) is 1.76. The van der Waals surface area contributed by atoms with Gasteiger partial charge in [0.05, 0.1) is 0 Å². The van der Waals surface area contributed by atoms with Gasteiger partial charge in [-0.1, -0.05) is 11.8 Å². The Labute approximate surface area is 63.4 Å². The van der Waals surface area contributed by atoms with Crippen LogP contribution in [0.1, 0.15) is 12.8 Å². The Morgan fingerprint density at radius 3 is 2.50 bits per heavy atom. The van der Waals surface area contributed by atoms with Gasteiger partial charge in [0.15, 0.2) is 0 Å². The Balaban J connectivity index is 2.03. The van der Waals surface area contributed by atoms with Crippen molar-refractivity contribution in [2.24, 2.45) is 11.7 Å². The molecule has 1 fully saturated rings. The minimum absolute atomic E-state index is 0.175. The Morgan fingerprint density at radius 2 is 2.10 bits per heavy atom. The van der Waals surface area contributed by atoms with E-state index in [9.17, 15) is 8.78 Å². The number of rotatable bonds is 3. The predicted molar refractivity (Wildman–Crippen MR) is 39.2 cm³/mol. The van der Waals surface area contributed by atoms with Crippen molar-refractivity contribution in [1.82, 2.24) is 0 Å². The SMILES string of the molecule is NCC1CC(SC(F)F)C1. The van der Waals surface area contributed by atoms with Crippen molar-refractivity contribution < 1.29 is 8.78 Å². The molecule has 0 aliphatic heterocycles. The topological polar surface area (TPSA) is 26.0 Å². The van der Waals surface area contributed by atoms with E-state index in [0.29, 0.717) is 12.5 Å². The summed E-state index contributed by atoms with van der Waals surface area (Å²) in [4.78, 5) is 0. The zero-order valence-electron chi connectivity index (χ0n) is 5.59. The zero-order chi connectivity index (χ0) is 7.56. The zero-order valence-corrected chi connectivity index (χ0v) is 6.41. The molecule has 0 aromatic rings. The van der Waals surface area contributed by atoms with Gasteiger partial charge >= 0.3 is 0 Å². The van der Waals surface area contributed by atoms with Crippen molar-refractivity contribution in [2.45, 2.75) is 23.8 Å². The number of hydrogen-bond donors (Lipinski definition) is 1. The highest BCUT2D eigenvalue weighted by atomic mass is 32.2. The van der Waals surface area contributed by atoms with Crippen molar-refractivity contribution in [3.05, 3.63) is 0 Å². The van der Waals surface area contributed by atoms with E-state index in [-0.39, 0.29) is 5.25 Å². The van der Waals surface area contributed by atoms with Crippen LogP contribution in [0, 0.1) is 5.92 Å². The molecule has 0 saturated heterocycles. The van der Waals surface area contributed by atoms with E-state index in [2.05, 4.69) is 0 Å². The molecule has 0 radical (unpaired) electrons. The van der Waals surface area contributed by atoms with E-state index in [0.717, 1.165) is 24.6 Å². The highest BCUT2D eigenvalue weighted by molar-refractivity contribution is 8.00. The van der Waals surface area contributed by atoms with E-state index in [1.165, 1.54) is 0 Å². The molecule has 60 valence electrons. The van der Waals surface area contributed by atoms with E-state index in [4.69, 9.17) is 5.73 Å². The first-order valence-corrected chi connectivity index (χ1v) is 4.30. The molecule has 0 aromatic carbocycles. The summed E-state index contributed by atoms with van der Waals surface area (Å²) in [6.07, 6.45) is 1.76. The molecule has 10 heavy (non-hydrogen) atoms. The summed E-state index contributed by atoms with van der Waals surface area (Å²) in [5.74, 6) is -1.69. The fourth-order valence-electron chi connectivity index (χ4n) is 1.12. The largest absolute Gasteiger partial charge is 0.330 e. The van der Waals surface area contributed by atoms with Crippen LogP contribution in [0.25, 0.3) is 0 Å². The molecule has 1 nitrogen and oxygen atoms in total. The minimum atomic E-state index is -2.20. The normalized spacial score (nSPS) is 32.4. The summed E-state index contributed by atoms with van der Waals surface area (Å²) in [5.41, 5.74) is 5.33. The molecule has 0 atom stereocenters. The number of alkyl halides is 2. The maximum absolute atomic E-state index is 11.7. The lowest BCUT2D eigenvalue weighted by molar-refractivity contribution is 0.245. The van der Waals surface area contributed by atoms with Gasteiger partial charge in [-0.15, -0.1) is 0 Å². The Bertz CT molecular complexity index is 104. The molecule has 1 aliphatic rings. The van der Waals surface area contributed by atoms with Gasteiger partial charge in [-0.2, -0.15) is 8.78 Å². The standard InChI is InChI=1S/C6H11F2NS/c7-6(8)10-5-1-4(2-5)3-9/h4-6H,1-3,9H2. The summed E-state index contributed by atoms with van der Waals surface area (Å²) >= 11 is 0.771. The molecule has 1 aliphatic carbocycles. The molecule has 0 unspecified atom stereocenters. The average molecular weight is 167 g/mol. The quantitative estimate of drug-likeness (QED) is 0.692. The third kappa shape index (κ3) is 2.09. The molecule has 4 heteroatoms. The molecule has 1 saturated carbocycles. The molecular weight excluding hydrogens is 156 g/mol. The summed E-state index contributed by atoms with van der Waals surface area (Å²) in [6.45, 7) is 0.653. The third-order valence-corrected chi connectivity index (χ3v) is 2.80. The first-order chi connectivity index (χ1) is 4.72. The summed E-state index contributed by atoms with van der Waals surface area (Å²) in [5, 5.41) is 0.175. The second kappa shape index (κ2) is 3.53. The van der Waals surface area contributed by atoms with Crippen molar-refractivity contribution in [1.29, 1.82) is 0 Å². The smallest absolute Gasteiger partial charge is 0.284 e. The highest BCUT2D eigenvalue weighted by Gasteiger charge is 2.30. The second-order valence-electron chi connectivity index (χ2n) is 2.59. The highest BCUT2D eigenvalue weighted by Crippen LogP contribution is 2.38. The molecular formula is C6H11F2NS. The molecule has 0 bridgehead atoms. The van der Waals surface area contributed by atoms with Crippen molar-refractivity contribution in [3.8, 4) is 0 Å². The van der Waals surface area contributed by atoms with Crippen LogP contribution in [0.4, 0.5) is 8.78 Å². The van der Waals surface area contributed by atoms with Crippen molar-refractivity contribution in [3.63, 3.8) is 0 Å². The summed E-state index contributed by atoms with van der Waals surface area (Å²) in [6, 6.07) is 0. The fourth-order valence-corrected chi connectivity index (χ4v) is 2.18. The van der Waals surface area contributed by atoms with E-state index in [1.807, 2.05) is 0 Å². The van der Waals surface area contributed by atoms with Crippen molar-refractivity contribution in [2.75, 3.05) is 6.54 Å². The van der Waals surface area contributed by atoms with Crippen LogP contribution in [0.15, 0.2) is 0 Å². The van der Waals surface area contributed by atoms with Crippen LogP contribution in [-0.2, 0) is 0 Å². The molecule has 1 rings (SSSR count). The van der Waals surface area contributed by atoms with E-state index in [1.54, 1.807) is 0 Å². The maximum Gasteiger partial charge on any atom is 0.284 e. The number of hydrogen-bond acceptors (Lipinski definition) is 2. The number of nitrogens with two attached hydrogens (primary N) is 1. The van der Waals surface area contributed by atoms with Crippen LogP contribution in [0.2, 0.25) is 0 Å². The Kier molecular flexibility index (Phi) is 2.92.